The third-order valence-corrected chi connectivity index (χ3v) is 5.05. The molecule has 0 aliphatic carbocycles. The average Bonchev–Trinajstić information content (AvgIpc) is 3.25. The van der Waals surface area contributed by atoms with Crippen molar-refractivity contribution in [1.29, 1.82) is 0 Å². The summed E-state index contributed by atoms with van der Waals surface area (Å²) in [5.74, 6) is 1.26. The maximum atomic E-state index is 6.71. The normalized spacial score (nSPS) is 18.0. The molecule has 25 heavy (non-hydrogen) atoms. The molecule has 0 aromatic carbocycles. The molecular weight excluding hydrogens is 338 g/mol. The lowest BCUT2D eigenvalue weighted by atomic mass is 10.1. The molecule has 8 heteroatoms. The van der Waals surface area contributed by atoms with Gasteiger partial charge in [0.25, 0.3) is 0 Å². The van der Waals surface area contributed by atoms with Crippen molar-refractivity contribution >= 4 is 23.2 Å². The first-order valence-electron chi connectivity index (χ1n) is 8.72. The van der Waals surface area contributed by atoms with E-state index in [0.29, 0.717) is 5.92 Å². The molecule has 7 nitrogen and oxygen atoms in total. The Balaban J connectivity index is 1.74. The minimum atomic E-state index is 0.155. The number of anilines is 1. The number of halogens is 1. The fourth-order valence-electron chi connectivity index (χ4n) is 3.63. The average molecular weight is 360 g/mol. The minimum Gasteiger partial charge on any atom is -0.332 e. The summed E-state index contributed by atoms with van der Waals surface area (Å²) in [4.78, 5) is 2.25. The molecule has 0 N–H and O–H groups in total. The Bertz CT molecular complexity index is 898. The monoisotopic (exact) mass is 359 g/mol. The van der Waals surface area contributed by atoms with Crippen LogP contribution < -0.4 is 4.90 Å². The third-order valence-electron chi connectivity index (χ3n) is 4.65. The molecule has 0 spiro atoms. The Kier molecular flexibility index (Phi) is 4.11. The quantitative estimate of drug-likeness (QED) is 0.715. The Hall–Kier alpha value is -2.15. The van der Waals surface area contributed by atoms with E-state index in [9.17, 15) is 0 Å². The van der Waals surface area contributed by atoms with Gasteiger partial charge in [-0.2, -0.15) is 14.7 Å². The molecule has 1 unspecified atom stereocenters. The zero-order chi connectivity index (χ0) is 17.6. The van der Waals surface area contributed by atoms with E-state index >= 15 is 0 Å². The lowest BCUT2D eigenvalue weighted by Crippen LogP contribution is -2.25. The van der Waals surface area contributed by atoms with Gasteiger partial charge in [0.05, 0.1) is 11.7 Å². The van der Waals surface area contributed by atoms with Crippen LogP contribution in [0.3, 0.4) is 0 Å². The van der Waals surface area contributed by atoms with Crippen molar-refractivity contribution in [2.24, 2.45) is 5.92 Å². The summed E-state index contributed by atoms with van der Waals surface area (Å²) in [6.07, 6.45) is 3.86. The second kappa shape index (κ2) is 6.29. The smallest absolute Gasteiger partial charge is 0.249 e. The summed E-state index contributed by atoms with van der Waals surface area (Å²) in [7, 11) is 0. The SMILES string of the molecule is Cc1nn(CC(C)C)c(Cl)c1C1CCCN1c1nnc2cccnn12. The summed E-state index contributed by atoms with van der Waals surface area (Å²) >= 11 is 6.71. The lowest BCUT2D eigenvalue weighted by molar-refractivity contribution is 0.481. The summed E-state index contributed by atoms with van der Waals surface area (Å²) < 4.78 is 3.72. The van der Waals surface area contributed by atoms with Crippen LogP contribution in [0.2, 0.25) is 5.15 Å². The van der Waals surface area contributed by atoms with E-state index in [-0.39, 0.29) is 6.04 Å². The van der Waals surface area contributed by atoms with E-state index < -0.39 is 0 Å². The van der Waals surface area contributed by atoms with E-state index in [4.69, 9.17) is 11.6 Å². The molecule has 1 saturated heterocycles. The molecule has 0 saturated carbocycles. The fraction of sp³-hybridized carbons (Fsp3) is 0.529. The number of fused-ring (bicyclic) bond motifs is 1. The molecule has 1 aliphatic heterocycles. The van der Waals surface area contributed by atoms with Crippen LogP contribution in [0.15, 0.2) is 18.3 Å². The molecule has 3 aromatic heterocycles. The van der Waals surface area contributed by atoms with Crippen molar-refractivity contribution in [3.63, 3.8) is 0 Å². The highest BCUT2D eigenvalue weighted by Crippen LogP contribution is 2.39. The van der Waals surface area contributed by atoms with E-state index in [1.165, 1.54) is 0 Å². The summed E-state index contributed by atoms with van der Waals surface area (Å²) in [5.41, 5.74) is 2.85. The van der Waals surface area contributed by atoms with Gasteiger partial charge in [-0.1, -0.05) is 25.4 Å². The third kappa shape index (κ3) is 2.76. The zero-order valence-corrected chi connectivity index (χ0v) is 15.5. The van der Waals surface area contributed by atoms with Gasteiger partial charge in [0, 0.05) is 24.8 Å². The molecule has 132 valence electrons. The molecule has 1 aliphatic rings. The van der Waals surface area contributed by atoms with Gasteiger partial charge < -0.3 is 4.90 Å². The van der Waals surface area contributed by atoms with Crippen LogP contribution in [-0.2, 0) is 6.54 Å². The van der Waals surface area contributed by atoms with Gasteiger partial charge >= 0.3 is 0 Å². The van der Waals surface area contributed by atoms with Crippen LogP contribution in [0.1, 0.15) is 44.0 Å². The van der Waals surface area contributed by atoms with Gasteiger partial charge in [0.1, 0.15) is 5.15 Å². The van der Waals surface area contributed by atoms with Crippen LogP contribution in [0.5, 0.6) is 0 Å². The second-order valence-electron chi connectivity index (χ2n) is 7.01. The van der Waals surface area contributed by atoms with Crippen LogP contribution in [-0.4, -0.2) is 36.1 Å². The highest BCUT2D eigenvalue weighted by molar-refractivity contribution is 6.30. The summed E-state index contributed by atoms with van der Waals surface area (Å²) in [6, 6.07) is 3.93. The first-order valence-corrected chi connectivity index (χ1v) is 9.10. The predicted octanol–water partition coefficient (Wildman–Crippen LogP) is 3.28. The summed E-state index contributed by atoms with van der Waals surface area (Å²) in [6.45, 7) is 8.11. The van der Waals surface area contributed by atoms with Crippen molar-refractivity contribution < 1.29 is 0 Å². The van der Waals surface area contributed by atoms with Gasteiger partial charge in [0.2, 0.25) is 5.95 Å². The largest absolute Gasteiger partial charge is 0.332 e. The molecule has 4 rings (SSSR count). The lowest BCUT2D eigenvalue weighted by Gasteiger charge is -2.24. The topological polar surface area (TPSA) is 64.1 Å². The van der Waals surface area contributed by atoms with Crippen molar-refractivity contribution in [3.05, 3.63) is 34.7 Å². The molecule has 0 bridgehead atoms. The second-order valence-corrected chi connectivity index (χ2v) is 7.37. The minimum absolute atomic E-state index is 0.155. The van der Waals surface area contributed by atoms with Crippen LogP contribution in [0.4, 0.5) is 5.95 Å². The van der Waals surface area contributed by atoms with E-state index in [0.717, 1.165) is 53.9 Å². The van der Waals surface area contributed by atoms with Gasteiger partial charge in [-0.05, 0) is 37.8 Å². The Labute approximate surface area is 151 Å². The van der Waals surface area contributed by atoms with Crippen molar-refractivity contribution in [2.45, 2.75) is 46.2 Å². The molecule has 3 aromatic rings. The molecule has 1 fully saturated rings. The van der Waals surface area contributed by atoms with Crippen LogP contribution >= 0.6 is 11.6 Å². The van der Waals surface area contributed by atoms with Crippen molar-refractivity contribution in [3.8, 4) is 0 Å². The number of hydrogen-bond acceptors (Lipinski definition) is 5. The number of rotatable bonds is 4. The molecule has 1 atom stereocenters. The Morgan fingerprint density at radius 3 is 2.96 bits per heavy atom. The predicted molar refractivity (Wildman–Crippen MR) is 96.9 cm³/mol. The number of aromatic nitrogens is 6. The van der Waals surface area contributed by atoms with Gasteiger partial charge in [0.15, 0.2) is 5.65 Å². The Morgan fingerprint density at radius 1 is 1.32 bits per heavy atom. The number of nitrogens with zero attached hydrogens (tertiary/aromatic N) is 7. The standard InChI is InChI=1S/C17H22ClN7/c1-11(2)10-24-16(18)15(12(3)22-24)13-6-5-9-23(13)17-21-20-14-7-4-8-19-25(14)17/h4,7-8,11,13H,5-6,9-10H2,1-3H3. The molecule has 4 heterocycles. The highest BCUT2D eigenvalue weighted by Gasteiger charge is 2.34. The molecule has 0 amide bonds. The number of aryl methyl sites for hydroxylation is 1. The first kappa shape index (κ1) is 16.3. The van der Waals surface area contributed by atoms with Gasteiger partial charge in [-0.25, -0.2) is 0 Å². The van der Waals surface area contributed by atoms with Crippen molar-refractivity contribution in [1.82, 2.24) is 29.6 Å². The van der Waals surface area contributed by atoms with E-state index in [2.05, 4.69) is 39.1 Å². The van der Waals surface area contributed by atoms with Crippen LogP contribution in [0.25, 0.3) is 5.65 Å². The van der Waals surface area contributed by atoms with Gasteiger partial charge in [-0.15, -0.1) is 10.2 Å². The molecule has 0 radical (unpaired) electrons. The van der Waals surface area contributed by atoms with Crippen molar-refractivity contribution in [2.75, 3.05) is 11.4 Å². The van der Waals surface area contributed by atoms with Crippen LogP contribution in [0, 0.1) is 12.8 Å². The maximum Gasteiger partial charge on any atom is 0.249 e. The Morgan fingerprint density at radius 2 is 2.16 bits per heavy atom. The maximum absolute atomic E-state index is 6.71. The zero-order valence-electron chi connectivity index (χ0n) is 14.7. The fourth-order valence-corrected chi connectivity index (χ4v) is 4.00. The molecular formula is C17H22ClN7. The van der Waals surface area contributed by atoms with E-state index in [1.54, 1.807) is 10.7 Å². The summed E-state index contributed by atoms with van der Waals surface area (Å²) in [5, 5.41) is 18.4. The van der Waals surface area contributed by atoms with Gasteiger partial charge in [-0.3, -0.25) is 4.68 Å². The van der Waals surface area contributed by atoms with E-state index in [1.807, 2.05) is 23.7 Å². The number of hydrogen-bond donors (Lipinski definition) is 0. The first-order chi connectivity index (χ1) is 12.1. The highest BCUT2D eigenvalue weighted by atomic mass is 35.5.